The van der Waals surface area contributed by atoms with Gasteiger partial charge in [0.25, 0.3) is 0 Å². The van der Waals surface area contributed by atoms with Gasteiger partial charge in [0.15, 0.2) is 0 Å². The molecule has 0 aromatic heterocycles. The number of nitrogens with two attached hydrogens (primary N) is 1. The Morgan fingerprint density at radius 1 is 1.39 bits per heavy atom. The first-order valence-electron chi connectivity index (χ1n) is 6.78. The standard InChI is InChI=1S/C13H26N2O3/c1-11(14)12-5-3-4-7-15(12)13(16)6-8-18-10-9-17-2/h11-12H,3-10,14H2,1-2H3. The van der Waals surface area contributed by atoms with Gasteiger partial charge < -0.3 is 20.1 Å². The van der Waals surface area contributed by atoms with Crippen LogP contribution in [0.15, 0.2) is 0 Å². The zero-order chi connectivity index (χ0) is 13.4. The second-order valence-corrected chi connectivity index (χ2v) is 4.86. The number of likely N-dealkylation sites (tertiary alicyclic amines) is 1. The summed E-state index contributed by atoms with van der Waals surface area (Å²) in [7, 11) is 1.63. The molecule has 2 atom stereocenters. The van der Waals surface area contributed by atoms with Gasteiger partial charge in [-0.15, -0.1) is 0 Å². The lowest BCUT2D eigenvalue weighted by Gasteiger charge is -2.38. The maximum atomic E-state index is 12.1. The number of amides is 1. The molecule has 1 aliphatic heterocycles. The number of ether oxygens (including phenoxy) is 2. The maximum absolute atomic E-state index is 12.1. The molecule has 0 radical (unpaired) electrons. The first kappa shape index (κ1) is 15.4. The van der Waals surface area contributed by atoms with Crippen LogP contribution in [0.25, 0.3) is 0 Å². The SMILES string of the molecule is COCCOCCC(=O)N1CCCCC1C(C)N. The van der Waals surface area contributed by atoms with Crippen molar-refractivity contribution in [2.75, 3.05) is 33.5 Å². The van der Waals surface area contributed by atoms with Crippen molar-refractivity contribution >= 4 is 5.91 Å². The molecule has 0 spiro atoms. The van der Waals surface area contributed by atoms with Gasteiger partial charge >= 0.3 is 0 Å². The lowest BCUT2D eigenvalue weighted by atomic mass is 9.96. The van der Waals surface area contributed by atoms with Gasteiger partial charge in [0.2, 0.25) is 5.91 Å². The summed E-state index contributed by atoms with van der Waals surface area (Å²) in [5.74, 6) is 0.161. The molecule has 1 amide bonds. The molecule has 0 aromatic carbocycles. The van der Waals surface area contributed by atoms with E-state index in [1.807, 2.05) is 11.8 Å². The lowest BCUT2D eigenvalue weighted by molar-refractivity contribution is -0.136. The Labute approximate surface area is 110 Å². The predicted octanol–water partition coefficient (Wildman–Crippen LogP) is 0.768. The van der Waals surface area contributed by atoms with E-state index in [-0.39, 0.29) is 18.0 Å². The van der Waals surface area contributed by atoms with Crippen molar-refractivity contribution in [3.63, 3.8) is 0 Å². The van der Waals surface area contributed by atoms with Crippen LogP contribution < -0.4 is 5.73 Å². The van der Waals surface area contributed by atoms with E-state index in [9.17, 15) is 4.79 Å². The van der Waals surface area contributed by atoms with Gasteiger partial charge in [-0.05, 0) is 26.2 Å². The summed E-state index contributed by atoms with van der Waals surface area (Å²) in [6.07, 6.45) is 3.71. The number of hydrogen-bond donors (Lipinski definition) is 1. The summed E-state index contributed by atoms with van der Waals surface area (Å²) in [5, 5.41) is 0. The molecule has 1 heterocycles. The van der Waals surface area contributed by atoms with E-state index < -0.39 is 0 Å². The second kappa shape index (κ2) is 8.45. The Morgan fingerprint density at radius 2 is 2.17 bits per heavy atom. The van der Waals surface area contributed by atoms with Crippen molar-refractivity contribution in [3.05, 3.63) is 0 Å². The molecule has 0 aromatic rings. The number of carbonyl (C=O) groups is 1. The highest BCUT2D eigenvalue weighted by molar-refractivity contribution is 5.76. The van der Waals surface area contributed by atoms with E-state index in [0.717, 1.165) is 19.4 Å². The van der Waals surface area contributed by atoms with Gasteiger partial charge in [0.05, 0.1) is 26.2 Å². The first-order chi connectivity index (χ1) is 8.66. The van der Waals surface area contributed by atoms with Gasteiger partial charge in [-0.1, -0.05) is 0 Å². The molecular weight excluding hydrogens is 232 g/mol. The zero-order valence-corrected chi connectivity index (χ0v) is 11.6. The summed E-state index contributed by atoms with van der Waals surface area (Å²) < 4.78 is 10.2. The Balaban J connectivity index is 2.29. The highest BCUT2D eigenvalue weighted by atomic mass is 16.5. The van der Waals surface area contributed by atoms with Crippen LogP contribution in [-0.2, 0) is 14.3 Å². The van der Waals surface area contributed by atoms with Crippen molar-refractivity contribution in [1.82, 2.24) is 4.90 Å². The van der Waals surface area contributed by atoms with Crippen LogP contribution in [0.1, 0.15) is 32.6 Å². The molecule has 2 unspecified atom stereocenters. The van der Waals surface area contributed by atoms with Gasteiger partial charge in [-0.25, -0.2) is 0 Å². The van der Waals surface area contributed by atoms with E-state index in [4.69, 9.17) is 15.2 Å². The van der Waals surface area contributed by atoms with Crippen molar-refractivity contribution in [3.8, 4) is 0 Å². The zero-order valence-electron chi connectivity index (χ0n) is 11.6. The molecule has 0 aliphatic carbocycles. The quantitative estimate of drug-likeness (QED) is 0.685. The molecule has 18 heavy (non-hydrogen) atoms. The van der Waals surface area contributed by atoms with Crippen LogP contribution in [0.3, 0.4) is 0 Å². The van der Waals surface area contributed by atoms with E-state index in [1.165, 1.54) is 6.42 Å². The molecule has 5 heteroatoms. The molecule has 1 rings (SSSR count). The number of piperidine rings is 1. The lowest BCUT2D eigenvalue weighted by Crippen LogP contribution is -2.51. The van der Waals surface area contributed by atoms with E-state index in [0.29, 0.717) is 26.2 Å². The molecule has 2 N–H and O–H groups in total. The van der Waals surface area contributed by atoms with E-state index in [2.05, 4.69) is 0 Å². The van der Waals surface area contributed by atoms with Gasteiger partial charge in [0.1, 0.15) is 0 Å². The van der Waals surface area contributed by atoms with Crippen molar-refractivity contribution in [2.24, 2.45) is 5.73 Å². The average molecular weight is 258 g/mol. The number of carbonyl (C=O) groups excluding carboxylic acids is 1. The topological polar surface area (TPSA) is 64.8 Å². The third-order valence-corrected chi connectivity index (χ3v) is 3.37. The number of methoxy groups -OCH3 is 1. The number of rotatable bonds is 7. The Hall–Kier alpha value is -0.650. The fourth-order valence-corrected chi connectivity index (χ4v) is 2.36. The van der Waals surface area contributed by atoms with Crippen molar-refractivity contribution in [1.29, 1.82) is 0 Å². The summed E-state index contributed by atoms with van der Waals surface area (Å²) in [4.78, 5) is 14.0. The van der Waals surface area contributed by atoms with Crippen LogP contribution in [0.4, 0.5) is 0 Å². The summed E-state index contributed by atoms with van der Waals surface area (Å²) in [6.45, 7) is 4.39. The van der Waals surface area contributed by atoms with Crippen LogP contribution in [0.5, 0.6) is 0 Å². The minimum Gasteiger partial charge on any atom is -0.382 e. The second-order valence-electron chi connectivity index (χ2n) is 4.86. The fourth-order valence-electron chi connectivity index (χ4n) is 2.36. The predicted molar refractivity (Wildman–Crippen MR) is 70.3 cm³/mol. The summed E-state index contributed by atoms with van der Waals surface area (Å²) in [5.41, 5.74) is 5.95. The number of hydrogen-bond acceptors (Lipinski definition) is 4. The van der Waals surface area contributed by atoms with E-state index in [1.54, 1.807) is 7.11 Å². The Morgan fingerprint density at radius 3 is 2.83 bits per heavy atom. The Kier molecular flexibility index (Phi) is 7.23. The molecule has 1 fully saturated rings. The summed E-state index contributed by atoms with van der Waals surface area (Å²) >= 11 is 0. The fraction of sp³-hybridized carbons (Fsp3) is 0.923. The van der Waals surface area contributed by atoms with Crippen molar-refractivity contribution < 1.29 is 14.3 Å². The molecule has 106 valence electrons. The minimum atomic E-state index is 0.0451. The molecular formula is C13H26N2O3. The van der Waals surface area contributed by atoms with E-state index >= 15 is 0 Å². The van der Waals surface area contributed by atoms with Gasteiger partial charge in [-0.2, -0.15) is 0 Å². The average Bonchev–Trinajstić information content (AvgIpc) is 2.38. The molecule has 1 saturated heterocycles. The summed E-state index contributed by atoms with van der Waals surface area (Å²) in [6, 6.07) is 0.244. The minimum absolute atomic E-state index is 0.0451. The smallest absolute Gasteiger partial charge is 0.225 e. The van der Waals surface area contributed by atoms with Crippen LogP contribution in [0.2, 0.25) is 0 Å². The maximum Gasteiger partial charge on any atom is 0.225 e. The van der Waals surface area contributed by atoms with Gasteiger partial charge in [-0.3, -0.25) is 4.79 Å². The van der Waals surface area contributed by atoms with Crippen LogP contribution in [-0.4, -0.2) is 56.4 Å². The Bertz CT molecular complexity index is 246. The van der Waals surface area contributed by atoms with Crippen LogP contribution in [0, 0.1) is 0 Å². The molecule has 0 bridgehead atoms. The van der Waals surface area contributed by atoms with Crippen LogP contribution >= 0.6 is 0 Å². The van der Waals surface area contributed by atoms with Crippen molar-refractivity contribution in [2.45, 2.75) is 44.7 Å². The highest BCUT2D eigenvalue weighted by Crippen LogP contribution is 2.19. The third kappa shape index (κ3) is 4.92. The largest absolute Gasteiger partial charge is 0.382 e. The molecule has 1 aliphatic rings. The normalized spacial score (nSPS) is 21.9. The van der Waals surface area contributed by atoms with Gasteiger partial charge in [0, 0.05) is 25.7 Å². The monoisotopic (exact) mass is 258 g/mol. The third-order valence-electron chi connectivity index (χ3n) is 3.37. The first-order valence-corrected chi connectivity index (χ1v) is 6.78. The molecule has 5 nitrogen and oxygen atoms in total. The number of nitrogens with zero attached hydrogens (tertiary/aromatic N) is 1. The highest BCUT2D eigenvalue weighted by Gasteiger charge is 2.28. The molecule has 0 saturated carbocycles.